The summed E-state index contributed by atoms with van der Waals surface area (Å²) in [6.07, 6.45) is 1.98. The van der Waals surface area contributed by atoms with Gasteiger partial charge in [0.15, 0.2) is 0 Å². The van der Waals surface area contributed by atoms with Gasteiger partial charge in [-0.15, -0.1) is 0 Å². The van der Waals surface area contributed by atoms with Crippen molar-refractivity contribution in [1.82, 2.24) is 0 Å². The second-order valence-corrected chi connectivity index (χ2v) is 9.94. The molecule has 0 radical (unpaired) electrons. The minimum atomic E-state index is -0.471. The van der Waals surface area contributed by atoms with Gasteiger partial charge in [-0.2, -0.15) is 0 Å². The monoisotopic (exact) mass is 388 g/mol. The van der Waals surface area contributed by atoms with Crippen LogP contribution in [-0.2, 0) is 23.6 Å². The molecule has 28 heavy (non-hydrogen) atoms. The van der Waals surface area contributed by atoms with Crippen molar-refractivity contribution in [3.63, 3.8) is 0 Å². The largest absolute Gasteiger partial charge is 0.494 e. The minimum absolute atomic E-state index is 0.0233. The highest BCUT2D eigenvalue weighted by atomic mass is 16.7. The molecule has 1 aromatic rings. The molecule has 0 N–H and O–H groups in total. The van der Waals surface area contributed by atoms with Crippen molar-refractivity contribution in [2.75, 3.05) is 6.61 Å². The van der Waals surface area contributed by atoms with Gasteiger partial charge < -0.3 is 18.8 Å². The molecule has 1 heterocycles. The molecule has 1 aromatic carbocycles. The number of esters is 1. The number of benzene rings is 1. The maximum atomic E-state index is 11.7. The number of hydrogen-bond donors (Lipinski definition) is 0. The van der Waals surface area contributed by atoms with Crippen LogP contribution in [0.2, 0.25) is 0 Å². The van der Waals surface area contributed by atoms with Crippen molar-refractivity contribution >= 4 is 18.6 Å². The molecule has 0 amide bonds. The summed E-state index contributed by atoms with van der Waals surface area (Å²) in [6, 6.07) is 8.48. The van der Waals surface area contributed by atoms with Crippen molar-refractivity contribution < 1.29 is 23.6 Å². The normalized spacial score (nSPS) is 26.0. The highest BCUT2D eigenvalue weighted by molar-refractivity contribution is 6.62. The third-order valence-electron chi connectivity index (χ3n) is 5.89. The van der Waals surface area contributed by atoms with Crippen LogP contribution in [0, 0.1) is 0 Å². The third-order valence-corrected chi connectivity index (χ3v) is 5.89. The van der Waals surface area contributed by atoms with Crippen molar-refractivity contribution in [3.8, 4) is 0 Å². The van der Waals surface area contributed by atoms with Crippen LogP contribution in [0.1, 0.15) is 72.8 Å². The molecule has 0 unspecified atom stereocenters. The first-order chi connectivity index (χ1) is 12.9. The van der Waals surface area contributed by atoms with E-state index >= 15 is 0 Å². The van der Waals surface area contributed by atoms with Gasteiger partial charge in [0.2, 0.25) is 0 Å². The Hall–Kier alpha value is -1.37. The molecule has 0 bridgehead atoms. The molecule has 5 nitrogen and oxygen atoms in total. The topological polar surface area (TPSA) is 54.0 Å². The number of hydrogen-bond acceptors (Lipinski definition) is 5. The van der Waals surface area contributed by atoms with E-state index in [0.717, 1.165) is 18.3 Å². The van der Waals surface area contributed by atoms with Crippen molar-refractivity contribution in [2.45, 2.75) is 90.1 Å². The zero-order valence-electron chi connectivity index (χ0n) is 18.2. The summed E-state index contributed by atoms with van der Waals surface area (Å²) in [5.41, 5.74) is 1.20. The lowest BCUT2D eigenvalue weighted by atomic mass is 9.74. The van der Waals surface area contributed by atoms with E-state index in [9.17, 15) is 4.79 Å². The summed E-state index contributed by atoms with van der Waals surface area (Å²) in [5.74, 6) is 0.165. The van der Waals surface area contributed by atoms with Gasteiger partial charge in [-0.05, 0) is 78.3 Å². The van der Waals surface area contributed by atoms with E-state index in [4.69, 9.17) is 18.8 Å². The first-order valence-electron chi connectivity index (χ1n) is 10.2. The fourth-order valence-electron chi connectivity index (χ4n) is 3.44. The minimum Gasteiger partial charge on any atom is -0.458 e. The Bertz CT molecular complexity index is 683. The summed E-state index contributed by atoms with van der Waals surface area (Å²) in [6.45, 7) is 13.9. The van der Waals surface area contributed by atoms with Gasteiger partial charge in [-0.25, -0.2) is 4.79 Å². The molecular formula is C22H33BO5. The summed E-state index contributed by atoms with van der Waals surface area (Å²) in [7, 11) is -0.328. The summed E-state index contributed by atoms with van der Waals surface area (Å²) >= 11 is 0. The third kappa shape index (κ3) is 4.78. The van der Waals surface area contributed by atoms with Crippen LogP contribution < -0.4 is 5.46 Å². The zero-order valence-corrected chi connectivity index (χ0v) is 18.2. The first-order valence-corrected chi connectivity index (χ1v) is 10.2. The van der Waals surface area contributed by atoms with Gasteiger partial charge in [0.05, 0.1) is 17.3 Å². The second-order valence-electron chi connectivity index (χ2n) is 9.94. The van der Waals surface area contributed by atoms with Crippen LogP contribution in [0.25, 0.3) is 0 Å². The maximum Gasteiger partial charge on any atom is 0.494 e. The van der Waals surface area contributed by atoms with Gasteiger partial charge >= 0.3 is 13.1 Å². The molecule has 0 spiro atoms. The Balaban J connectivity index is 1.47. The Morgan fingerprint density at radius 1 is 1.07 bits per heavy atom. The quantitative estimate of drug-likeness (QED) is 0.570. The fourth-order valence-corrected chi connectivity index (χ4v) is 3.44. The smallest absolute Gasteiger partial charge is 0.458 e. The Morgan fingerprint density at radius 2 is 1.61 bits per heavy atom. The summed E-state index contributed by atoms with van der Waals surface area (Å²) < 4.78 is 23.2. The maximum absolute atomic E-state index is 11.7. The molecule has 1 aliphatic carbocycles. The molecule has 2 aliphatic rings. The van der Waals surface area contributed by atoms with E-state index < -0.39 is 5.60 Å². The number of ether oxygens (including phenoxy) is 2. The Labute approximate surface area is 169 Å². The van der Waals surface area contributed by atoms with Crippen LogP contribution in [0.15, 0.2) is 24.3 Å². The Kier molecular flexibility index (Phi) is 5.70. The molecule has 154 valence electrons. The molecule has 0 atom stereocenters. The second kappa shape index (κ2) is 7.47. The lowest BCUT2D eigenvalue weighted by Crippen LogP contribution is -2.41. The average Bonchev–Trinajstić information content (AvgIpc) is 2.72. The van der Waals surface area contributed by atoms with Crippen molar-refractivity contribution in [2.24, 2.45) is 0 Å². The predicted octanol–water partition coefficient (Wildman–Crippen LogP) is 3.59. The standard InChI is InChI=1S/C22H33BO5/c1-20(2,3)26-19(24)14-25-18-12-16(13-18)15-8-10-17(11-9-15)23-27-21(4,5)22(6,7)28-23/h8-11,16,18H,12-14H2,1-7H3/t16-,18+. The SMILES string of the molecule is CC(C)(C)OC(=O)CO[C@H]1C[C@@H](c2ccc(B3OC(C)(C)C(C)(C)O3)cc2)C1. The summed E-state index contributed by atoms with van der Waals surface area (Å²) in [5, 5.41) is 0. The first kappa shape index (κ1) is 21.3. The van der Waals surface area contributed by atoms with Crippen molar-refractivity contribution in [3.05, 3.63) is 29.8 Å². The highest BCUT2D eigenvalue weighted by Gasteiger charge is 2.51. The number of carbonyl (C=O) groups is 1. The lowest BCUT2D eigenvalue weighted by molar-refractivity contribution is -0.164. The van der Waals surface area contributed by atoms with E-state index in [1.54, 1.807) is 0 Å². The molecular weight excluding hydrogens is 355 g/mol. The molecule has 6 heteroatoms. The van der Waals surface area contributed by atoms with Crippen molar-refractivity contribution in [1.29, 1.82) is 0 Å². The molecule has 1 saturated carbocycles. The van der Waals surface area contributed by atoms with Gasteiger partial charge in [0.1, 0.15) is 12.2 Å². The van der Waals surface area contributed by atoms with Crippen LogP contribution in [-0.4, -0.2) is 42.6 Å². The molecule has 3 rings (SSSR count). The van der Waals surface area contributed by atoms with Gasteiger partial charge in [0.25, 0.3) is 0 Å². The van der Waals surface area contributed by atoms with Gasteiger partial charge in [-0.3, -0.25) is 0 Å². The van der Waals surface area contributed by atoms with Gasteiger partial charge in [-0.1, -0.05) is 24.3 Å². The molecule has 1 aliphatic heterocycles. The molecule has 0 aromatic heterocycles. The van der Waals surface area contributed by atoms with E-state index in [0.29, 0.717) is 5.92 Å². The lowest BCUT2D eigenvalue weighted by Gasteiger charge is -2.35. The Morgan fingerprint density at radius 3 is 2.11 bits per heavy atom. The number of rotatable bonds is 5. The zero-order chi connectivity index (χ0) is 20.7. The van der Waals surface area contributed by atoms with E-state index in [2.05, 4.69) is 52.0 Å². The fraction of sp³-hybridized carbons (Fsp3) is 0.682. The van der Waals surface area contributed by atoms with E-state index in [1.807, 2.05) is 20.8 Å². The van der Waals surface area contributed by atoms with Crippen LogP contribution in [0.5, 0.6) is 0 Å². The van der Waals surface area contributed by atoms with Crippen LogP contribution in [0.4, 0.5) is 0 Å². The summed E-state index contributed by atoms with van der Waals surface area (Å²) in [4.78, 5) is 11.7. The average molecular weight is 388 g/mol. The highest BCUT2D eigenvalue weighted by Crippen LogP contribution is 2.39. The van der Waals surface area contributed by atoms with Crippen LogP contribution in [0.3, 0.4) is 0 Å². The molecule has 2 fully saturated rings. The van der Waals surface area contributed by atoms with E-state index in [-0.39, 0.29) is 37.0 Å². The van der Waals surface area contributed by atoms with Crippen LogP contribution >= 0.6 is 0 Å². The number of carbonyl (C=O) groups excluding carboxylic acids is 1. The molecule has 1 saturated heterocycles. The van der Waals surface area contributed by atoms with Gasteiger partial charge in [0, 0.05) is 0 Å². The predicted molar refractivity (Wildman–Crippen MR) is 110 cm³/mol. The van der Waals surface area contributed by atoms with E-state index in [1.165, 1.54) is 5.56 Å².